The highest BCUT2D eigenvalue weighted by atomic mass is 16.2. The number of fused-ring (bicyclic) bond motifs is 1. The van der Waals surface area contributed by atoms with E-state index >= 15 is 0 Å². The minimum Gasteiger partial charge on any atom is -0.370 e. The number of benzene rings is 1. The van der Waals surface area contributed by atoms with Crippen molar-refractivity contribution in [1.82, 2.24) is 19.9 Å². The number of amides is 2. The number of nitrogens with zero attached hydrogens (tertiary/aromatic N) is 3. The molecule has 1 aliphatic carbocycles. The van der Waals surface area contributed by atoms with Crippen molar-refractivity contribution in [2.24, 2.45) is 5.92 Å². The molecule has 3 aromatic rings. The summed E-state index contributed by atoms with van der Waals surface area (Å²) < 4.78 is 1.70. The fourth-order valence-electron chi connectivity index (χ4n) is 3.77. The van der Waals surface area contributed by atoms with Crippen molar-refractivity contribution in [3.8, 4) is 0 Å². The molecule has 2 aromatic heterocycles. The van der Waals surface area contributed by atoms with Crippen molar-refractivity contribution in [3.05, 3.63) is 53.2 Å². The second-order valence-corrected chi connectivity index (χ2v) is 8.39. The quantitative estimate of drug-likeness (QED) is 0.277. The zero-order chi connectivity index (χ0) is 22.9. The number of carbonyl (C=O) groups is 3. The molecule has 0 spiro atoms. The maximum atomic E-state index is 12.1. The van der Waals surface area contributed by atoms with Gasteiger partial charge in [0.25, 0.3) is 5.91 Å². The van der Waals surface area contributed by atoms with Gasteiger partial charge in [-0.15, -0.1) is 0 Å². The number of aromatic nitrogens is 3. The number of rotatable bonds is 8. The Kier molecular flexibility index (Phi) is 5.37. The highest BCUT2D eigenvalue weighted by Crippen LogP contribution is 2.30. The van der Waals surface area contributed by atoms with Gasteiger partial charge in [-0.1, -0.05) is 19.1 Å². The van der Waals surface area contributed by atoms with E-state index in [1.165, 1.54) is 12.8 Å². The Morgan fingerprint density at radius 2 is 2.12 bits per heavy atom. The Hall–Kier alpha value is -4.01. The van der Waals surface area contributed by atoms with Crippen molar-refractivity contribution in [2.75, 3.05) is 17.2 Å². The number of carbonyl (C=O) groups excluding carboxylic acids is 3. The van der Waals surface area contributed by atoms with Crippen LogP contribution in [0.4, 0.5) is 17.3 Å². The number of hydrogen-bond acceptors (Lipinski definition) is 7. The first-order chi connectivity index (χ1) is 16.0. The molecular formula is C24H24N6O3. The normalized spacial score (nSPS) is 16.9. The predicted octanol–water partition coefficient (Wildman–Crippen LogP) is 3.32. The average Bonchev–Trinajstić information content (AvgIpc) is 3.47. The number of imide groups is 1. The standard InChI is InChI=1S/C24H24N6O3/c1-2-19(31)15-4-3-5-18(9-15)27-20-11-21(25-12-14-6-7-14)30-23(28-20)17(13-26-30)8-16-10-22(32)29-24(16)33/h3-5,8-9,11,13-14,25H,2,6-7,10,12H2,1H3,(H,27,28)(H,29,32,33)/b16-8+. The number of nitrogens with one attached hydrogen (secondary N) is 3. The summed E-state index contributed by atoms with van der Waals surface area (Å²) in [5, 5.41) is 13.5. The number of hydrogen-bond donors (Lipinski definition) is 3. The minimum atomic E-state index is -0.391. The van der Waals surface area contributed by atoms with Gasteiger partial charge in [0.1, 0.15) is 11.6 Å². The van der Waals surface area contributed by atoms with E-state index in [4.69, 9.17) is 4.98 Å². The molecule has 0 atom stereocenters. The largest absolute Gasteiger partial charge is 0.370 e. The molecule has 3 heterocycles. The van der Waals surface area contributed by atoms with Gasteiger partial charge < -0.3 is 10.6 Å². The average molecular weight is 444 g/mol. The van der Waals surface area contributed by atoms with Gasteiger partial charge in [-0.3, -0.25) is 19.7 Å². The van der Waals surface area contributed by atoms with Crippen LogP contribution >= 0.6 is 0 Å². The van der Waals surface area contributed by atoms with Crippen LogP contribution in [-0.4, -0.2) is 38.7 Å². The van der Waals surface area contributed by atoms with Gasteiger partial charge in [-0.05, 0) is 37.0 Å². The van der Waals surface area contributed by atoms with Crippen molar-refractivity contribution in [2.45, 2.75) is 32.6 Å². The maximum Gasteiger partial charge on any atom is 0.254 e. The first-order valence-electron chi connectivity index (χ1n) is 11.1. The third-order valence-corrected chi connectivity index (χ3v) is 5.77. The molecule has 2 fully saturated rings. The van der Waals surface area contributed by atoms with E-state index in [0.29, 0.717) is 40.5 Å². The highest BCUT2D eigenvalue weighted by Gasteiger charge is 2.25. The molecule has 9 heteroatoms. The predicted molar refractivity (Wildman–Crippen MR) is 124 cm³/mol. The Bertz CT molecular complexity index is 1300. The van der Waals surface area contributed by atoms with E-state index in [1.807, 2.05) is 31.2 Å². The van der Waals surface area contributed by atoms with Gasteiger partial charge in [0, 0.05) is 41.4 Å². The number of ketones is 1. The zero-order valence-corrected chi connectivity index (χ0v) is 18.2. The fraction of sp³-hybridized carbons (Fsp3) is 0.292. The molecule has 1 saturated heterocycles. The van der Waals surface area contributed by atoms with Gasteiger partial charge in [-0.2, -0.15) is 9.61 Å². The third kappa shape index (κ3) is 4.48. The first-order valence-corrected chi connectivity index (χ1v) is 11.1. The molecule has 168 valence electrons. The molecule has 2 aliphatic rings. The van der Waals surface area contributed by atoms with Gasteiger partial charge in [-0.25, -0.2) is 4.98 Å². The molecule has 9 nitrogen and oxygen atoms in total. The Labute approximate surface area is 190 Å². The van der Waals surface area contributed by atoms with Crippen LogP contribution in [0.3, 0.4) is 0 Å². The zero-order valence-electron chi connectivity index (χ0n) is 18.2. The molecule has 1 saturated carbocycles. The van der Waals surface area contributed by atoms with Gasteiger partial charge >= 0.3 is 0 Å². The fourth-order valence-corrected chi connectivity index (χ4v) is 3.77. The molecule has 5 rings (SSSR count). The number of anilines is 3. The summed E-state index contributed by atoms with van der Waals surface area (Å²) in [6.45, 7) is 2.68. The monoisotopic (exact) mass is 444 g/mol. The van der Waals surface area contributed by atoms with Crippen LogP contribution < -0.4 is 16.0 Å². The third-order valence-electron chi connectivity index (χ3n) is 5.77. The summed E-state index contributed by atoms with van der Waals surface area (Å²) in [6, 6.07) is 9.19. The molecule has 0 bridgehead atoms. The summed E-state index contributed by atoms with van der Waals surface area (Å²) in [5.74, 6) is 1.37. The van der Waals surface area contributed by atoms with Crippen molar-refractivity contribution >= 4 is 46.6 Å². The van der Waals surface area contributed by atoms with Crippen LogP contribution in [0.2, 0.25) is 0 Å². The lowest BCUT2D eigenvalue weighted by atomic mass is 10.1. The van der Waals surface area contributed by atoms with Crippen LogP contribution in [0.15, 0.2) is 42.1 Å². The van der Waals surface area contributed by atoms with E-state index < -0.39 is 5.91 Å². The van der Waals surface area contributed by atoms with Gasteiger partial charge in [0.05, 0.1) is 12.6 Å². The second-order valence-electron chi connectivity index (χ2n) is 8.39. The van der Waals surface area contributed by atoms with Crippen molar-refractivity contribution in [3.63, 3.8) is 0 Å². The Balaban J connectivity index is 1.52. The molecule has 33 heavy (non-hydrogen) atoms. The van der Waals surface area contributed by atoms with Gasteiger partial charge in [0.15, 0.2) is 11.4 Å². The minimum absolute atomic E-state index is 0.0408. The van der Waals surface area contributed by atoms with Crippen molar-refractivity contribution in [1.29, 1.82) is 0 Å². The van der Waals surface area contributed by atoms with Crippen LogP contribution in [0, 0.1) is 5.92 Å². The van der Waals surface area contributed by atoms with E-state index in [0.717, 1.165) is 18.1 Å². The SMILES string of the molecule is CCC(=O)c1cccc(Nc2cc(NCC3CC3)n3ncc(/C=C4\CC(=O)NC4=O)c3n2)c1. The summed E-state index contributed by atoms with van der Waals surface area (Å²) in [7, 11) is 0. The summed E-state index contributed by atoms with van der Waals surface area (Å²) >= 11 is 0. The lowest BCUT2D eigenvalue weighted by molar-refractivity contribution is -0.124. The van der Waals surface area contributed by atoms with E-state index in [9.17, 15) is 14.4 Å². The summed E-state index contributed by atoms with van der Waals surface area (Å²) in [6.07, 6.45) is 6.20. The van der Waals surface area contributed by atoms with Crippen LogP contribution in [0.25, 0.3) is 11.7 Å². The van der Waals surface area contributed by atoms with E-state index in [1.54, 1.807) is 22.9 Å². The van der Waals surface area contributed by atoms with Gasteiger partial charge in [0.2, 0.25) is 5.91 Å². The molecule has 3 N–H and O–H groups in total. The molecule has 1 aromatic carbocycles. The van der Waals surface area contributed by atoms with E-state index in [2.05, 4.69) is 21.0 Å². The lowest BCUT2D eigenvalue weighted by Crippen LogP contribution is -2.19. The first kappa shape index (κ1) is 20.9. The molecule has 2 amide bonds. The topological polar surface area (TPSA) is 117 Å². The molecule has 1 aliphatic heterocycles. The summed E-state index contributed by atoms with van der Waals surface area (Å²) in [4.78, 5) is 40.4. The second kappa shape index (κ2) is 8.50. The Morgan fingerprint density at radius 1 is 1.27 bits per heavy atom. The summed E-state index contributed by atoms with van der Waals surface area (Å²) in [5.41, 5.74) is 2.97. The molecule has 0 radical (unpaired) electrons. The van der Waals surface area contributed by atoms with E-state index in [-0.39, 0.29) is 18.1 Å². The highest BCUT2D eigenvalue weighted by molar-refractivity contribution is 6.15. The van der Waals surface area contributed by atoms with Crippen LogP contribution in [-0.2, 0) is 9.59 Å². The maximum absolute atomic E-state index is 12.1. The van der Waals surface area contributed by atoms with Crippen LogP contribution in [0.5, 0.6) is 0 Å². The molecular weight excluding hydrogens is 420 g/mol. The van der Waals surface area contributed by atoms with Crippen LogP contribution in [0.1, 0.15) is 48.5 Å². The lowest BCUT2D eigenvalue weighted by Gasteiger charge is -2.12. The van der Waals surface area contributed by atoms with Crippen molar-refractivity contribution < 1.29 is 14.4 Å². The molecule has 0 unspecified atom stereocenters. The number of Topliss-reactive ketones (excluding diaryl/α,β-unsaturated/α-hetero) is 1. The Morgan fingerprint density at radius 3 is 2.85 bits per heavy atom. The smallest absolute Gasteiger partial charge is 0.254 e.